The summed E-state index contributed by atoms with van der Waals surface area (Å²) in [4.78, 5) is 15.1. The number of likely N-dealkylation sites (N-methyl/N-ethyl adjacent to an activating group) is 1. The second-order valence-corrected chi connectivity index (χ2v) is 9.46. The number of carbonyl (C=O) groups excluding carboxylic acids is 1. The molecule has 1 aromatic carbocycles. The molecule has 31 heavy (non-hydrogen) atoms. The van der Waals surface area contributed by atoms with Gasteiger partial charge in [0.25, 0.3) is 0 Å². The molecule has 0 spiro atoms. The van der Waals surface area contributed by atoms with Gasteiger partial charge in [-0.15, -0.1) is 12.4 Å². The first-order valence-electron chi connectivity index (χ1n) is 12.8. The molecule has 1 rings (SSSR count). The summed E-state index contributed by atoms with van der Waals surface area (Å²) in [6.07, 6.45) is 21.0. The summed E-state index contributed by atoms with van der Waals surface area (Å²) in [5.41, 5.74) is 0.582. The molecule has 0 bridgehead atoms. The molecule has 0 N–H and O–H groups in total. The van der Waals surface area contributed by atoms with Crippen molar-refractivity contribution in [2.75, 3.05) is 14.1 Å². The number of nitrogens with zero attached hydrogens (tertiary/aromatic N) is 1. The Kier molecular flexibility index (Phi) is 18.2. The highest BCUT2D eigenvalue weighted by molar-refractivity contribution is 5.89. The fourth-order valence-corrected chi connectivity index (χ4v) is 4.33. The molecule has 1 aromatic rings. The lowest BCUT2D eigenvalue weighted by molar-refractivity contribution is -0.129. The zero-order valence-electron chi connectivity index (χ0n) is 21.0. The minimum absolute atomic E-state index is 0. The summed E-state index contributed by atoms with van der Waals surface area (Å²) in [5, 5.41) is 0. The molecule has 1 unspecified atom stereocenters. The number of hydrogen-bond acceptors (Lipinski definition) is 2. The highest BCUT2D eigenvalue weighted by atomic mass is 35.5. The van der Waals surface area contributed by atoms with Crippen LogP contribution < -0.4 is 0 Å². The van der Waals surface area contributed by atoms with Gasteiger partial charge in [0.1, 0.15) is 5.54 Å². The van der Waals surface area contributed by atoms with Crippen LogP contribution in [0.5, 0.6) is 0 Å². The highest BCUT2D eigenvalue weighted by Gasteiger charge is 2.36. The summed E-state index contributed by atoms with van der Waals surface area (Å²) >= 11 is 0. The summed E-state index contributed by atoms with van der Waals surface area (Å²) in [5.74, 6) is 0.341. The summed E-state index contributed by atoms with van der Waals surface area (Å²) in [7, 11) is 4.02. The van der Waals surface area contributed by atoms with Crippen LogP contribution in [-0.4, -0.2) is 24.8 Å². The standard InChI is InChI=1S/C28H49NO.ClH/c1-5-6-7-8-9-10-11-12-13-14-15-16-17-18-22-25-27(30)28(2,29(3)4)26-23-20-19-21-24-26;/h19-21,23-24H,5-18,22,25H2,1-4H3;1H. The molecule has 0 aliphatic heterocycles. The van der Waals surface area contributed by atoms with Crippen molar-refractivity contribution in [3.63, 3.8) is 0 Å². The van der Waals surface area contributed by atoms with E-state index in [0.717, 1.165) is 12.0 Å². The number of rotatable bonds is 19. The predicted octanol–water partition coefficient (Wildman–Crippen LogP) is 8.72. The van der Waals surface area contributed by atoms with Gasteiger partial charge < -0.3 is 0 Å². The molecule has 1 atom stereocenters. The van der Waals surface area contributed by atoms with Crippen molar-refractivity contribution in [1.29, 1.82) is 0 Å². The molecule has 0 aliphatic carbocycles. The van der Waals surface area contributed by atoms with Gasteiger partial charge >= 0.3 is 0 Å². The zero-order chi connectivity index (χ0) is 22.1. The molecule has 0 amide bonds. The second-order valence-electron chi connectivity index (χ2n) is 9.46. The summed E-state index contributed by atoms with van der Waals surface area (Å²) in [6.45, 7) is 4.35. The monoisotopic (exact) mass is 451 g/mol. The molecule has 0 aromatic heterocycles. The van der Waals surface area contributed by atoms with E-state index in [1.54, 1.807) is 0 Å². The van der Waals surface area contributed by atoms with Crippen molar-refractivity contribution in [2.45, 2.75) is 122 Å². The molecule has 0 heterocycles. The van der Waals surface area contributed by atoms with E-state index in [4.69, 9.17) is 0 Å². The Morgan fingerprint density at radius 2 is 1.10 bits per heavy atom. The smallest absolute Gasteiger partial charge is 0.157 e. The minimum atomic E-state index is -0.517. The molecule has 180 valence electrons. The third kappa shape index (κ3) is 12.1. The quantitative estimate of drug-likeness (QED) is 0.196. The molecule has 0 saturated carbocycles. The van der Waals surface area contributed by atoms with Gasteiger partial charge in [-0.3, -0.25) is 9.69 Å². The number of Topliss-reactive ketones (excluding diaryl/α,β-unsaturated/α-hetero) is 1. The lowest BCUT2D eigenvalue weighted by Gasteiger charge is -2.35. The van der Waals surface area contributed by atoms with Crippen LogP contribution in [0.25, 0.3) is 0 Å². The molecule has 0 saturated heterocycles. The lowest BCUT2D eigenvalue weighted by Crippen LogP contribution is -2.45. The van der Waals surface area contributed by atoms with E-state index in [2.05, 4.69) is 30.9 Å². The lowest BCUT2D eigenvalue weighted by atomic mass is 9.84. The average molecular weight is 452 g/mol. The Labute approximate surface area is 200 Å². The Bertz CT molecular complexity index is 545. The predicted molar refractivity (Wildman–Crippen MR) is 139 cm³/mol. The van der Waals surface area contributed by atoms with Crippen LogP contribution in [0.1, 0.15) is 122 Å². The van der Waals surface area contributed by atoms with E-state index in [-0.39, 0.29) is 12.4 Å². The van der Waals surface area contributed by atoms with E-state index >= 15 is 0 Å². The third-order valence-corrected chi connectivity index (χ3v) is 6.78. The van der Waals surface area contributed by atoms with Gasteiger partial charge in [0.15, 0.2) is 5.78 Å². The largest absolute Gasteiger partial charge is 0.297 e. The van der Waals surface area contributed by atoms with Gasteiger partial charge in [-0.25, -0.2) is 0 Å². The normalized spacial score (nSPS) is 13.1. The fourth-order valence-electron chi connectivity index (χ4n) is 4.33. The van der Waals surface area contributed by atoms with Gasteiger partial charge in [-0.2, -0.15) is 0 Å². The van der Waals surface area contributed by atoms with E-state index < -0.39 is 5.54 Å². The van der Waals surface area contributed by atoms with Crippen molar-refractivity contribution in [1.82, 2.24) is 4.90 Å². The third-order valence-electron chi connectivity index (χ3n) is 6.78. The van der Waals surface area contributed by atoms with Gasteiger partial charge in [0, 0.05) is 6.42 Å². The summed E-state index contributed by atoms with van der Waals surface area (Å²) in [6, 6.07) is 10.2. The first kappa shape index (κ1) is 30.1. The Morgan fingerprint density at radius 3 is 1.48 bits per heavy atom. The molecular weight excluding hydrogens is 402 g/mol. The van der Waals surface area contributed by atoms with Crippen LogP contribution >= 0.6 is 12.4 Å². The van der Waals surface area contributed by atoms with E-state index in [0.29, 0.717) is 12.2 Å². The summed E-state index contributed by atoms with van der Waals surface area (Å²) < 4.78 is 0. The van der Waals surface area contributed by atoms with Crippen LogP contribution in [0.2, 0.25) is 0 Å². The second kappa shape index (κ2) is 18.7. The fraction of sp³-hybridized carbons (Fsp3) is 0.750. The maximum Gasteiger partial charge on any atom is 0.157 e. The van der Waals surface area contributed by atoms with Crippen LogP contribution in [0.3, 0.4) is 0 Å². The zero-order valence-corrected chi connectivity index (χ0v) is 21.8. The number of benzene rings is 1. The van der Waals surface area contributed by atoms with E-state index in [1.165, 1.54) is 89.9 Å². The maximum atomic E-state index is 13.0. The number of halogens is 1. The molecule has 0 fully saturated rings. The number of hydrogen-bond donors (Lipinski definition) is 0. The van der Waals surface area contributed by atoms with Crippen molar-refractivity contribution in [3.8, 4) is 0 Å². The molecular formula is C28H50ClNO. The minimum Gasteiger partial charge on any atom is -0.297 e. The Morgan fingerprint density at radius 1 is 0.710 bits per heavy atom. The van der Waals surface area contributed by atoms with Crippen LogP contribution in [-0.2, 0) is 10.3 Å². The van der Waals surface area contributed by atoms with Gasteiger partial charge in [0.2, 0.25) is 0 Å². The van der Waals surface area contributed by atoms with Crippen molar-refractivity contribution in [2.24, 2.45) is 0 Å². The Balaban J connectivity index is 0.00000900. The number of carbonyl (C=O) groups is 1. The molecule has 3 heteroatoms. The Hall–Kier alpha value is -0.860. The molecule has 0 radical (unpaired) electrons. The molecule has 0 aliphatic rings. The number of ketones is 1. The van der Waals surface area contributed by atoms with Crippen molar-refractivity contribution < 1.29 is 4.79 Å². The first-order valence-corrected chi connectivity index (χ1v) is 12.8. The highest BCUT2D eigenvalue weighted by Crippen LogP contribution is 2.29. The van der Waals surface area contributed by atoms with Crippen molar-refractivity contribution >= 4 is 18.2 Å². The molecule has 2 nitrogen and oxygen atoms in total. The van der Waals surface area contributed by atoms with E-state index in [9.17, 15) is 4.79 Å². The van der Waals surface area contributed by atoms with E-state index in [1.807, 2.05) is 32.3 Å². The van der Waals surface area contributed by atoms with Gasteiger partial charge in [-0.1, -0.05) is 127 Å². The van der Waals surface area contributed by atoms with Crippen molar-refractivity contribution in [3.05, 3.63) is 35.9 Å². The SMILES string of the molecule is CCCCCCCCCCCCCCCCCC(=O)C(C)(c1ccccc1)N(C)C.Cl. The topological polar surface area (TPSA) is 20.3 Å². The van der Waals surface area contributed by atoms with Gasteiger partial charge in [-0.05, 0) is 33.0 Å². The maximum absolute atomic E-state index is 13.0. The van der Waals surface area contributed by atoms with Crippen LogP contribution in [0.15, 0.2) is 30.3 Å². The average Bonchev–Trinajstić information content (AvgIpc) is 2.76. The first-order chi connectivity index (χ1) is 14.5. The van der Waals surface area contributed by atoms with Crippen LogP contribution in [0.4, 0.5) is 0 Å². The number of unbranched alkanes of at least 4 members (excludes halogenated alkanes) is 14. The van der Waals surface area contributed by atoms with Gasteiger partial charge in [0.05, 0.1) is 0 Å². The van der Waals surface area contributed by atoms with Crippen LogP contribution in [0, 0.1) is 0 Å².